The third-order valence-corrected chi connectivity index (χ3v) is 4.68. The lowest BCUT2D eigenvalue weighted by Gasteiger charge is -2.15. The van der Waals surface area contributed by atoms with E-state index in [1.165, 1.54) is 7.11 Å². The van der Waals surface area contributed by atoms with Crippen LogP contribution >= 0.6 is 23.4 Å². The summed E-state index contributed by atoms with van der Waals surface area (Å²) in [5.41, 5.74) is 1.11. The van der Waals surface area contributed by atoms with Crippen LogP contribution in [0.3, 0.4) is 0 Å². The molecule has 1 atom stereocenters. The summed E-state index contributed by atoms with van der Waals surface area (Å²) >= 11 is 7.48. The summed E-state index contributed by atoms with van der Waals surface area (Å²) < 4.78 is 4.72. The van der Waals surface area contributed by atoms with Crippen molar-refractivity contribution in [3.63, 3.8) is 0 Å². The molecule has 21 heavy (non-hydrogen) atoms. The molecule has 6 heteroatoms. The molecule has 0 saturated carbocycles. The molecule has 0 aromatic heterocycles. The molecular formula is C15H18ClNO3S. The molecule has 1 saturated heterocycles. The Kier molecular flexibility index (Phi) is 5.94. The Hall–Kier alpha value is -1.20. The zero-order chi connectivity index (χ0) is 15.2. The normalized spacial score (nSPS) is 17.8. The minimum absolute atomic E-state index is 0.0773. The van der Waals surface area contributed by atoms with Gasteiger partial charge >= 0.3 is 5.97 Å². The van der Waals surface area contributed by atoms with Gasteiger partial charge < -0.3 is 9.64 Å². The van der Waals surface area contributed by atoms with Crippen LogP contribution in [0.25, 0.3) is 0 Å². The van der Waals surface area contributed by atoms with Crippen molar-refractivity contribution in [3.8, 4) is 0 Å². The summed E-state index contributed by atoms with van der Waals surface area (Å²) in [6.45, 7) is 1.11. The van der Waals surface area contributed by atoms with Gasteiger partial charge in [-0.25, -0.2) is 0 Å². The van der Waals surface area contributed by atoms with Crippen LogP contribution in [-0.2, 0) is 20.1 Å². The van der Waals surface area contributed by atoms with Gasteiger partial charge in [0.25, 0.3) is 0 Å². The Morgan fingerprint density at radius 3 is 3.00 bits per heavy atom. The lowest BCUT2D eigenvalue weighted by molar-refractivity contribution is -0.145. The number of rotatable bonds is 5. The zero-order valence-corrected chi connectivity index (χ0v) is 13.5. The van der Waals surface area contributed by atoms with Crippen LogP contribution in [0.15, 0.2) is 24.3 Å². The van der Waals surface area contributed by atoms with E-state index in [-0.39, 0.29) is 17.8 Å². The predicted molar refractivity (Wildman–Crippen MR) is 84.3 cm³/mol. The van der Waals surface area contributed by atoms with Crippen LogP contribution in [0.2, 0.25) is 5.02 Å². The average Bonchev–Trinajstić information content (AvgIpc) is 2.96. The van der Waals surface area contributed by atoms with Crippen molar-refractivity contribution in [2.24, 2.45) is 5.92 Å². The van der Waals surface area contributed by atoms with Crippen LogP contribution in [0, 0.1) is 5.92 Å². The number of nitrogens with zero attached hydrogens (tertiary/aromatic N) is 1. The fraction of sp³-hybridized carbons (Fsp3) is 0.467. The smallest absolute Gasteiger partial charge is 0.310 e. The van der Waals surface area contributed by atoms with E-state index >= 15 is 0 Å². The van der Waals surface area contributed by atoms with E-state index in [4.69, 9.17) is 16.3 Å². The molecule has 0 aliphatic carbocycles. The molecule has 2 rings (SSSR count). The maximum Gasteiger partial charge on any atom is 0.310 e. The second-order valence-electron chi connectivity index (χ2n) is 4.97. The number of hydrogen-bond donors (Lipinski definition) is 0. The van der Waals surface area contributed by atoms with Crippen molar-refractivity contribution in [1.82, 2.24) is 4.90 Å². The molecule has 1 amide bonds. The van der Waals surface area contributed by atoms with Gasteiger partial charge in [0.15, 0.2) is 0 Å². The summed E-state index contributed by atoms with van der Waals surface area (Å²) in [7, 11) is 1.38. The van der Waals surface area contributed by atoms with Crippen molar-refractivity contribution >= 4 is 35.2 Å². The van der Waals surface area contributed by atoms with Gasteiger partial charge in [0.1, 0.15) is 0 Å². The molecule has 0 spiro atoms. The van der Waals surface area contributed by atoms with E-state index in [0.717, 1.165) is 11.3 Å². The van der Waals surface area contributed by atoms with E-state index in [2.05, 4.69) is 0 Å². The number of benzene rings is 1. The number of amides is 1. The molecule has 1 unspecified atom stereocenters. The van der Waals surface area contributed by atoms with Crippen molar-refractivity contribution in [3.05, 3.63) is 34.9 Å². The highest BCUT2D eigenvalue weighted by Gasteiger charge is 2.31. The molecule has 0 bridgehead atoms. The van der Waals surface area contributed by atoms with Crippen molar-refractivity contribution in [1.29, 1.82) is 0 Å². The van der Waals surface area contributed by atoms with E-state index in [9.17, 15) is 9.59 Å². The average molecular weight is 328 g/mol. The third-order valence-electron chi connectivity index (χ3n) is 3.46. The molecule has 1 aromatic rings. The summed E-state index contributed by atoms with van der Waals surface area (Å²) in [6, 6.07) is 7.63. The van der Waals surface area contributed by atoms with Crippen LogP contribution in [0.1, 0.15) is 12.0 Å². The summed E-state index contributed by atoms with van der Waals surface area (Å²) in [6.07, 6.45) is 0.692. The maximum atomic E-state index is 12.1. The molecular weight excluding hydrogens is 310 g/mol. The minimum atomic E-state index is -0.225. The van der Waals surface area contributed by atoms with Gasteiger partial charge in [-0.15, -0.1) is 11.8 Å². The number of carbonyl (C=O) groups excluding carboxylic acids is 2. The third kappa shape index (κ3) is 4.64. The Morgan fingerprint density at radius 1 is 1.48 bits per heavy atom. The van der Waals surface area contributed by atoms with E-state index in [0.29, 0.717) is 30.3 Å². The highest BCUT2D eigenvalue weighted by atomic mass is 35.5. The van der Waals surface area contributed by atoms with Gasteiger partial charge in [-0.2, -0.15) is 0 Å². The molecule has 114 valence electrons. The standard InChI is InChI=1S/C15H18ClNO3S/c1-20-15(19)12-5-6-17(8-12)14(18)10-21-9-11-3-2-4-13(16)7-11/h2-4,7,12H,5-6,8-10H2,1H3. The number of carbonyl (C=O) groups is 2. The summed E-state index contributed by atoms with van der Waals surface area (Å²) in [5.74, 6) is 0.850. The first kappa shape index (κ1) is 16.2. The molecule has 4 nitrogen and oxygen atoms in total. The zero-order valence-electron chi connectivity index (χ0n) is 11.9. The van der Waals surface area contributed by atoms with Gasteiger partial charge in [-0.05, 0) is 24.1 Å². The van der Waals surface area contributed by atoms with Crippen molar-refractivity contribution < 1.29 is 14.3 Å². The number of hydrogen-bond acceptors (Lipinski definition) is 4. The van der Waals surface area contributed by atoms with E-state index < -0.39 is 0 Å². The Balaban J connectivity index is 1.74. The molecule has 1 aliphatic heterocycles. The van der Waals surface area contributed by atoms with E-state index in [1.54, 1.807) is 16.7 Å². The number of thioether (sulfide) groups is 1. The van der Waals surface area contributed by atoms with Crippen LogP contribution in [0.4, 0.5) is 0 Å². The largest absolute Gasteiger partial charge is 0.469 e. The van der Waals surface area contributed by atoms with E-state index in [1.807, 2.05) is 24.3 Å². The van der Waals surface area contributed by atoms with Crippen LogP contribution < -0.4 is 0 Å². The first-order chi connectivity index (χ1) is 10.1. The molecule has 1 aliphatic rings. The number of esters is 1. The summed E-state index contributed by atoms with van der Waals surface area (Å²) in [4.78, 5) is 25.3. The molecule has 0 radical (unpaired) electrons. The van der Waals surface area contributed by atoms with Crippen LogP contribution in [-0.4, -0.2) is 42.7 Å². The fourth-order valence-corrected chi connectivity index (χ4v) is 3.41. The van der Waals surface area contributed by atoms with Crippen molar-refractivity contribution in [2.45, 2.75) is 12.2 Å². The SMILES string of the molecule is COC(=O)C1CCN(C(=O)CSCc2cccc(Cl)c2)C1. The topological polar surface area (TPSA) is 46.6 Å². The van der Waals surface area contributed by atoms with Crippen molar-refractivity contribution in [2.75, 3.05) is 26.0 Å². The number of likely N-dealkylation sites (tertiary alicyclic amines) is 1. The summed E-state index contributed by atoms with van der Waals surface area (Å²) in [5, 5.41) is 0.708. The maximum absolute atomic E-state index is 12.1. The first-order valence-corrected chi connectivity index (χ1v) is 8.31. The Labute approximate surface area is 133 Å². The number of ether oxygens (including phenoxy) is 1. The lowest BCUT2D eigenvalue weighted by atomic mass is 10.1. The number of halogens is 1. The monoisotopic (exact) mass is 327 g/mol. The molecule has 0 N–H and O–H groups in total. The van der Waals surface area contributed by atoms with Gasteiger partial charge in [0.2, 0.25) is 5.91 Å². The second kappa shape index (κ2) is 7.71. The van der Waals surface area contributed by atoms with Gasteiger partial charge in [-0.1, -0.05) is 23.7 Å². The van der Waals surface area contributed by atoms with Gasteiger partial charge in [0.05, 0.1) is 18.8 Å². The predicted octanol–water partition coefficient (Wildman–Crippen LogP) is 2.59. The molecule has 1 heterocycles. The molecule has 1 aromatic carbocycles. The number of methoxy groups -OCH3 is 1. The fourth-order valence-electron chi connectivity index (χ4n) is 2.32. The highest BCUT2D eigenvalue weighted by molar-refractivity contribution is 7.99. The molecule has 1 fully saturated rings. The second-order valence-corrected chi connectivity index (χ2v) is 6.39. The quantitative estimate of drug-likeness (QED) is 0.780. The van der Waals surface area contributed by atoms with Gasteiger partial charge in [-0.3, -0.25) is 9.59 Å². The van der Waals surface area contributed by atoms with Gasteiger partial charge in [0, 0.05) is 23.9 Å². The minimum Gasteiger partial charge on any atom is -0.469 e. The highest BCUT2D eigenvalue weighted by Crippen LogP contribution is 2.20. The Morgan fingerprint density at radius 2 is 2.29 bits per heavy atom. The lowest BCUT2D eigenvalue weighted by Crippen LogP contribution is -2.31. The Bertz CT molecular complexity index is 523. The first-order valence-electron chi connectivity index (χ1n) is 6.78. The van der Waals surface area contributed by atoms with Crippen LogP contribution in [0.5, 0.6) is 0 Å².